The normalized spacial score (nSPS) is 13.6. The van der Waals surface area contributed by atoms with Crippen LogP contribution >= 0.6 is 0 Å². The number of aryl methyl sites for hydroxylation is 1. The first kappa shape index (κ1) is 32.9. The van der Waals surface area contributed by atoms with Crippen molar-refractivity contribution in [1.29, 1.82) is 0 Å². The molecular weight excluding hydrogens is 635 g/mol. The summed E-state index contributed by atoms with van der Waals surface area (Å²) in [5.41, 5.74) is 18.0. The maximum absolute atomic E-state index is 6.64. The second-order valence-electron chi connectivity index (χ2n) is 13.4. The Labute approximate surface area is 305 Å². The highest BCUT2D eigenvalue weighted by atomic mass is 16.3. The molecule has 1 aliphatic carbocycles. The van der Waals surface area contributed by atoms with Gasteiger partial charge < -0.3 is 10.2 Å². The molecule has 0 radical (unpaired) electrons. The van der Waals surface area contributed by atoms with Gasteiger partial charge in [0.25, 0.3) is 0 Å². The molecule has 4 nitrogen and oxygen atoms in total. The minimum Gasteiger partial charge on any atom is -0.456 e. The Hall–Kier alpha value is -6.26. The lowest BCUT2D eigenvalue weighted by atomic mass is 9.92. The molecular formula is C48H41N3O. The predicted octanol–water partition coefficient (Wildman–Crippen LogP) is 12.1. The van der Waals surface area contributed by atoms with Gasteiger partial charge in [-0.15, -0.1) is 0 Å². The first-order valence-electron chi connectivity index (χ1n) is 18.1. The standard InChI is InChI=1S/C48H41N3O/c1-2-13-34(42-23-10-19-35-15-8-9-22-41(35)42)20-12-25-46(49)51-48(36-16-4-3-5-17-36)50-32-40-21-11-24-45-47(40)43-31-39(28-29-44(43)52-45)38-27-26-33-14-6-7-18-37(33)30-38/h2-6,8-11,13-17,19,21-24,26-31H,1,7,12,18,20,25,32H2,(H2,49,50,51)/b34-13+. The van der Waals surface area contributed by atoms with E-state index in [0.29, 0.717) is 24.6 Å². The molecule has 4 heteroatoms. The summed E-state index contributed by atoms with van der Waals surface area (Å²) in [4.78, 5) is 10.0. The number of hydrogen-bond donors (Lipinski definition) is 1. The van der Waals surface area contributed by atoms with Gasteiger partial charge >= 0.3 is 0 Å². The molecule has 52 heavy (non-hydrogen) atoms. The number of amidine groups is 2. The van der Waals surface area contributed by atoms with Crippen LogP contribution in [-0.4, -0.2) is 11.7 Å². The van der Waals surface area contributed by atoms with Gasteiger partial charge in [0.2, 0.25) is 0 Å². The van der Waals surface area contributed by atoms with Crippen LogP contribution in [0, 0.1) is 0 Å². The van der Waals surface area contributed by atoms with Crippen LogP contribution in [0.2, 0.25) is 0 Å². The molecule has 0 unspecified atom stereocenters. The van der Waals surface area contributed by atoms with Crippen molar-refractivity contribution in [2.45, 2.75) is 38.6 Å². The van der Waals surface area contributed by atoms with Crippen molar-refractivity contribution < 1.29 is 4.42 Å². The average Bonchev–Trinajstić information content (AvgIpc) is 3.58. The number of nitrogens with zero attached hydrogens (tertiary/aromatic N) is 2. The molecule has 0 atom stereocenters. The molecule has 0 saturated heterocycles. The molecule has 0 bridgehead atoms. The van der Waals surface area contributed by atoms with Gasteiger partial charge in [0, 0.05) is 22.8 Å². The van der Waals surface area contributed by atoms with Crippen molar-refractivity contribution in [2.75, 3.05) is 0 Å². The molecule has 1 aromatic heterocycles. The summed E-state index contributed by atoms with van der Waals surface area (Å²) >= 11 is 0. The van der Waals surface area contributed by atoms with E-state index in [-0.39, 0.29) is 0 Å². The predicted molar refractivity (Wildman–Crippen MR) is 221 cm³/mol. The maximum Gasteiger partial charge on any atom is 0.156 e. The van der Waals surface area contributed by atoms with Gasteiger partial charge in [-0.05, 0) is 93.6 Å². The Morgan fingerprint density at radius 3 is 2.48 bits per heavy atom. The van der Waals surface area contributed by atoms with Crippen LogP contribution in [0.1, 0.15) is 53.5 Å². The summed E-state index contributed by atoms with van der Waals surface area (Å²) in [6, 6.07) is 44.6. The highest BCUT2D eigenvalue weighted by Gasteiger charge is 2.14. The van der Waals surface area contributed by atoms with Crippen LogP contribution in [0.5, 0.6) is 0 Å². The third-order valence-corrected chi connectivity index (χ3v) is 9.95. The van der Waals surface area contributed by atoms with Gasteiger partial charge in [-0.3, -0.25) is 4.99 Å². The van der Waals surface area contributed by atoms with Crippen LogP contribution in [0.25, 0.3) is 55.5 Å². The largest absolute Gasteiger partial charge is 0.456 e. The van der Waals surface area contributed by atoms with Crippen molar-refractivity contribution in [3.63, 3.8) is 0 Å². The van der Waals surface area contributed by atoms with Crippen LogP contribution in [0.15, 0.2) is 167 Å². The topological polar surface area (TPSA) is 63.9 Å². The second-order valence-corrected chi connectivity index (χ2v) is 13.4. The molecule has 0 aliphatic heterocycles. The molecule has 0 spiro atoms. The van der Waals surface area contributed by atoms with Gasteiger partial charge in [0.1, 0.15) is 17.0 Å². The zero-order valence-electron chi connectivity index (χ0n) is 29.3. The van der Waals surface area contributed by atoms with E-state index in [1.54, 1.807) is 0 Å². The summed E-state index contributed by atoms with van der Waals surface area (Å²) in [5.74, 6) is 1.19. The quantitative estimate of drug-likeness (QED) is 0.0891. The van der Waals surface area contributed by atoms with Gasteiger partial charge in [-0.1, -0.05) is 140 Å². The lowest BCUT2D eigenvalue weighted by molar-refractivity contribution is 0.668. The fraction of sp³-hybridized carbons (Fsp3) is 0.125. The summed E-state index contributed by atoms with van der Waals surface area (Å²) in [7, 11) is 0. The van der Waals surface area contributed by atoms with E-state index in [1.165, 1.54) is 44.2 Å². The third kappa shape index (κ3) is 6.88. The lowest BCUT2D eigenvalue weighted by Gasteiger charge is -2.12. The van der Waals surface area contributed by atoms with Crippen molar-refractivity contribution in [2.24, 2.45) is 15.7 Å². The number of benzene rings is 6. The van der Waals surface area contributed by atoms with E-state index < -0.39 is 0 Å². The Morgan fingerprint density at radius 1 is 0.769 bits per heavy atom. The van der Waals surface area contributed by atoms with Crippen molar-refractivity contribution in [3.05, 3.63) is 180 Å². The van der Waals surface area contributed by atoms with Crippen molar-refractivity contribution >= 4 is 56.0 Å². The average molecular weight is 676 g/mol. The summed E-state index contributed by atoms with van der Waals surface area (Å²) < 4.78 is 6.35. The fourth-order valence-corrected chi connectivity index (χ4v) is 7.37. The Bertz CT molecular complexity index is 2540. The summed E-state index contributed by atoms with van der Waals surface area (Å²) in [6.07, 6.45) is 13.0. The number of aliphatic imine (C=N–C) groups is 2. The number of furan rings is 1. The third-order valence-electron chi connectivity index (χ3n) is 9.95. The first-order valence-corrected chi connectivity index (χ1v) is 18.1. The molecule has 2 N–H and O–H groups in total. The molecule has 0 fully saturated rings. The number of hydrogen-bond acceptors (Lipinski definition) is 2. The number of nitrogens with two attached hydrogens (primary N) is 1. The Kier molecular flexibility index (Phi) is 9.45. The monoisotopic (exact) mass is 675 g/mol. The van der Waals surface area contributed by atoms with Gasteiger partial charge in [-0.2, -0.15) is 0 Å². The minimum atomic E-state index is 0.440. The van der Waals surface area contributed by atoms with Crippen molar-refractivity contribution in [1.82, 2.24) is 0 Å². The van der Waals surface area contributed by atoms with Gasteiger partial charge in [0.05, 0.1) is 6.54 Å². The summed E-state index contributed by atoms with van der Waals surface area (Å²) in [6.45, 7) is 4.42. The fourth-order valence-electron chi connectivity index (χ4n) is 7.37. The van der Waals surface area contributed by atoms with Gasteiger partial charge in [0.15, 0.2) is 5.84 Å². The highest BCUT2D eigenvalue weighted by Crippen LogP contribution is 2.36. The zero-order valence-corrected chi connectivity index (χ0v) is 29.3. The van der Waals surface area contributed by atoms with E-state index in [2.05, 4.69) is 110 Å². The highest BCUT2D eigenvalue weighted by molar-refractivity contribution is 6.09. The first-order chi connectivity index (χ1) is 25.6. The Morgan fingerprint density at radius 2 is 1.58 bits per heavy atom. The van der Waals surface area contributed by atoms with Crippen molar-refractivity contribution in [3.8, 4) is 11.1 Å². The van der Waals surface area contributed by atoms with Crippen LogP contribution in [0.4, 0.5) is 0 Å². The SMILES string of the molecule is C=C/C=C(\CCCC(N)=NC(=NCc1cccc2oc3ccc(-c4ccc5c(c4)CCC=C5)cc3c12)c1ccccc1)c1cccc2ccccc12. The van der Waals surface area contributed by atoms with E-state index >= 15 is 0 Å². The summed E-state index contributed by atoms with van der Waals surface area (Å²) in [5, 5.41) is 4.65. The number of fused-ring (bicyclic) bond motifs is 5. The van der Waals surface area contributed by atoms with Crippen LogP contribution in [0.3, 0.4) is 0 Å². The molecule has 0 saturated carbocycles. The molecule has 1 heterocycles. The van der Waals surface area contributed by atoms with Gasteiger partial charge in [-0.25, -0.2) is 4.99 Å². The van der Waals surface area contributed by atoms with Crippen LogP contribution < -0.4 is 5.73 Å². The maximum atomic E-state index is 6.64. The van der Waals surface area contributed by atoms with Crippen LogP contribution in [-0.2, 0) is 13.0 Å². The smallest absolute Gasteiger partial charge is 0.156 e. The van der Waals surface area contributed by atoms with E-state index in [4.69, 9.17) is 20.1 Å². The zero-order chi connectivity index (χ0) is 35.3. The van der Waals surface area contributed by atoms with E-state index in [1.807, 2.05) is 48.5 Å². The molecule has 8 rings (SSSR count). The van der Waals surface area contributed by atoms with E-state index in [0.717, 1.165) is 58.7 Å². The lowest BCUT2D eigenvalue weighted by Crippen LogP contribution is -2.15. The van der Waals surface area contributed by atoms with E-state index in [9.17, 15) is 0 Å². The molecule has 7 aromatic rings. The molecule has 6 aromatic carbocycles. The molecule has 1 aliphatic rings. The molecule has 0 amide bonds. The Balaban J connectivity index is 1.07. The minimum absolute atomic E-state index is 0.440. The second kappa shape index (κ2) is 14.9. The number of allylic oxidation sites excluding steroid dienone is 4. The number of rotatable bonds is 10. The molecule has 254 valence electrons.